The number of para-hydroxylation sites is 1. The quantitative estimate of drug-likeness (QED) is 0.819. The average Bonchev–Trinajstić information content (AvgIpc) is 2.59. The highest BCUT2D eigenvalue weighted by Gasteiger charge is 2.34. The minimum atomic E-state index is -0.687. The summed E-state index contributed by atoms with van der Waals surface area (Å²) >= 11 is 0. The number of benzene rings is 1. The van der Waals surface area contributed by atoms with E-state index in [1.165, 1.54) is 0 Å². The Labute approximate surface area is 149 Å². The normalized spacial score (nSPS) is 28.4. The molecule has 0 spiro atoms. The first-order chi connectivity index (χ1) is 12.0. The van der Waals surface area contributed by atoms with E-state index in [0.717, 1.165) is 0 Å². The third-order valence-electron chi connectivity index (χ3n) is 3.95. The summed E-state index contributed by atoms with van der Waals surface area (Å²) < 4.78 is 23.4. The van der Waals surface area contributed by atoms with Gasteiger partial charge in [-0.05, 0) is 31.4 Å². The van der Waals surface area contributed by atoms with Crippen LogP contribution in [-0.2, 0) is 19.0 Å². The molecule has 6 nitrogen and oxygen atoms in total. The van der Waals surface area contributed by atoms with E-state index < -0.39 is 24.2 Å². The van der Waals surface area contributed by atoms with Gasteiger partial charge in [0, 0.05) is 13.2 Å². The van der Waals surface area contributed by atoms with E-state index in [-0.39, 0.29) is 6.10 Å². The Morgan fingerprint density at radius 3 is 2.68 bits per heavy atom. The highest BCUT2D eigenvalue weighted by molar-refractivity contribution is 5.75. The lowest BCUT2D eigenvalue weighted by molar-refractivity contribution is -0.166. The molecule has 1 aromatic carbocycles. The Morgan fingerprint density at radius 2 is 2.00 bits per heavy atom. The van der Waals surface area contributed by atoms with E-state index >= 15 is 0 Å². The fraction of sp³-hybridized carbons (Fsp3) is 0.632. The zero-order valence-electron chi connectivity index (χ0n) is 15.2. The van der Waals surface area contributed by atoms with Gasteiger partial charge < -0.3 is 24.7 Å². The minimum absolute atomic E-state index is 0.347. The lowest BCUT2D eigenvalue weighted by Crippen LogP contribution is -2.49. The lowest BCUT2D eigenvalue weighted by atomic mass is 10.1. The third kappa shape index (κ3) is 6.30. The molecule has 6 heteroatoms. The molecule has 2 N–H and O–H groups in total. The number of hydrogen-bond acceptors (Lipinski definition) is 6. The van der Waals surface area contributed by atoms with Crippen molar-refractivity contribution in [3.05, 3.63) is 30.3 Å². The predicted octanol–water partition coefficient (Wildman–Crippen LogP) is 2.15. The van der Waals surface area contributed by atoms with Gasteiger partial charge >= 0.3 is 5.97 Å². The highest BCUT2D eigenvalue weighted by Crippen LogP contribution is 2.20. The number of cyclic esters (lactones) is 1. The van der Waals surface area contributed by atoms with Crippen LogP contribution in [0.2, 0.25) is 0 Å². The Morgan fingerprint density at radius 1 is 1.28 bits per heavy atom. The van der Waals surface area contributed by atoms with Crippen molar-refractivity contribution in [1.29, 1.82) is 0 Å². The van der Waals surface area contributed by atoms with E-state index in [0.29, 0.717) is 37.9 Å². The Bertz CT molecular complexity index is 522. The maximum Gasteiger partial charge on any atom is 0.323 e. The first-order valence-electron chi connectivity index (χ1n) is 8.84. The molecular weight excluding hydrogens is 322 g/mol. The number of esters is 1. The van der Waals surface area contributed by atoms with E-state index in [1.807, 2.05) is 30.3 Å². The molecule has 0 aliphatic carbocycles. The summed E-state index contributed by atoms with van der Waals surface area (Å²) in [6.45, 7) is 7.27. The van der Waals surface area contributed by atoms with Gasteiger partial charge in [0.15, 0.2) is 6.10 Å². The smallest absolute Gasteiger partial charge is 0.323 e. The van der Waals surface area contributed by atoms with Crippen LogP contribution in [0.25, 0.3) is 0 Å². The summed E-state index contributed by atoms with van der Waals surface area (Å²) in [5.41, 5.74) is 5.83. The van der Waals surface area contributed by atoms with Crippen molar-refractivity contribution in [2.45, 2.75) is 51.5 Å². The number of carbonyl (C=O) groups is 1. The minimum Gasteiger partial charge on any atom is -0.484 e. The number of carbonyl (C=O) groups excluding carboxylic acids is 1. The molecule has 0 amide bonds. The molecule has 2 rings (SSSR count). The van der Waals surface area contributed by atoms with Crippen LogP contribution in [0.15, 0.2) is 30.3 Å². The molecule has 25 heavy (non-hydrogen) atoms. The molecule has 1 heterocycles. The summed E-state index contributed by atoms with van der Waals surface area (Å²) in [5.74, 6) is 0.622. The fourth-order valence-corrected chi connectivity index (χ4v) is 2.55. The van der Waals surface area contributed by atoms with Crippen molar-refractivity contribution in [2.75, 3.05) is 19.8 Å². The van der Waals surface area contributed by atoms with Gasteiger partial charge in [0.05, 0.1) is 6.61 Å². The van der Waals surface area contributed by atoms with Gasteiger partial charge in [-0.2, -0.15) is 0 Å². The molecule has 0 unspecified atom stereocenters. The van der Waals surface area contributed by atoms with E-state index in [2.05, 4.69) is 13.8 Å². The fourth-order valence-electron chi connectivity index (χ4n) is 2.55. The van der Waals surface area contributed by atoms with Crippen LogP contribution < -0.4 is 10.5 Å². The molecule has 0 bridgehead atoms. The standard InChI is InChI=1S/C19H29NO5/c1-13(2)11-23-17-12-22-10-9-16(20)19(21)24-14(3)18(17)25-15-7-5-4-6-8-15/h4-8,13-14,16-18H,9-12,20H2,1-3H3/t14-,16-,17-,18-/m0/s1. The molecule has 0 radical (unpaired) electrons. The number of hydrogen-bond donors (Lipinski definition) is 1. The SMILES string of the molecule is CC(C)CO[C@H]1COCC[C@H](N)C(=O)O[C@@H](C)[C@@H]1Oc1ccccc1. The molecule has 1 aliphatic heterocycles. The predicted molar refractivity (Wildman–Crippen MR) is 94.4 cm³/mol. The maximum atomic E-state index is 12.1. The van der Waals surface area contributed by atoms with E-state index in [4.69, 9.17) is 24.7 Å². The Hall–Kier alpha value is -1.63. The topological polar surface area (TPSA) is 80.0 Å². The van der Waals surface area contributed by atoms with Crippen LogP contribution in [0.1, 0.15) is 27.2 Å². The molecule has 0 saturated carbocycles. The molecule has 140 valence electrons. The zero-order valence-corrected chi connectivity index (χ0v) is 15.2. The van der Waals surface area contributed by atoms with Crippen LogP contribution in [-0.4, -0.2) is 50.1 Å². The van der Waals surface area contributed by atoms with Crippen LogP contribution in [0.5, 0.6) is 5.75 Å². The number of nitrogens with two attached hydrogens (primary N) is 1. The van der Waals surface area contributed by atoms with Crippen molar-refractivity contribution < 1.29 is 23.7 Å². The molecule has 1 aliphatic rings. The highest BCUT2D eigenvalue weighted by atomic mass is 16.6. The molecule has 0 aromatic heterocycles. The molecule has 4 atom stereocenters. The summed E-state index contributed by atoms with van der Waals surface area (Å²) in [7, 11) is 0. The first kappa shape index (κ1) is 19.7. The molecule has 1 aromatic rings. The van der Waals surface area contributed by atoms with Gasteiger partial charge in [-0.15, -0.1) is 0 Å². The zero-order chi connectivity index (χ0) is 18.2. The summed E-state index contributed by atoms with van der Waals surface area (Å²) in [6, 6.07) is 8.73. The van der Waals surface area contributed by atoms with Gasteiger partial charge in [-0.3, -0.25) is 4.79 Å². The first-order valence-corrected chi connectivity index (χ1v) is 8.84. The van der Waals surface area contributed by atoms with Crippen molar-refractivity contribution in [2.24, 2.45) is 11.7 Å². The van der Waals surface area contributed by atoms with Crippen molar-refractivity contribution in [3.8, 4) is 5.75 Å². The van der Waals surface area contributed by atoms with Crippen LogP contribution in [0, 0.1) is 5.92 Å². The van der Waals surface area contributed by atoms with Crippen molar-refractivity contribution in [3.63, 3.8) is 0 Å². The second-order valence-corrected chi connectivity index (χ2v) is 6.77. The van der Waals surface area contributed by atoms with Gasteiger partial charge in [0.25, 0.3) is 0 Å². The lowest BCUT2D eigenvalue weighted by Gasteiger charge is -2.33. The van der Waals surface area contributed by atoms with Gasteiger partial charge in [-0.1, -0.05) is 32.0 Å². The Balaban J connectivity index is 2.19. The molecule has 1 saturated heterocycles. The van der Waals surface area contributed by atoms with E-state index in [9.17, 15) is 4.79 Å². The Kier molecular flexibility index (Phi) is 7.68. The second kappa shape index (κ2) is 9.75. The number of ether oxygens (including phenoxy) is 4. The maximum absolute atomic E-state index is 12.1. The van der Waals surface area contributed by atoms with Gasteiger partial charge in [0.2, 0.25) is 0 Å². The van der Waals surface area contributed by atoms with Crippen LogP contribution >= 0.6 is 0 Å². The second-order valence-electron chi connectivity index (χ2n) is 6.77. The molecule has 1 fully saturated rings. The van der Waals surface area contributed by atoms with Gasteiger partial charge in [-0.25, -0.2) is 0 Å². The van der Waals surface area contributed by atoms with Crippen LogP contribution in [0.4, 0.5) is 0 Å². The van der Waals surface area contributed by atoms with Crippen molar-refractivity contribution >= 4 is 5.97 Å². The molecular formula is C19H29NO5. The average molecular weight is 351 g/mol. The van der Waals surface area contributed by atoms with Crippen molar-refractivity contribution in [1.82, 2.24) is 0 Å². The summed E-state index contributed by atoms with van der Waals surface area (Å²) in [6.07, 6.45) is -0.931. The largest absolute Gasteiger partial charge is 0.484 e. The summed E-state index contributed by atoms with van der Waals surface area (Å²) in [4.78, 5) is 12.1. The number of rotatable bonds is 5. The summed E-state index contributed by atoms with van der Waals surface area (Å²) in [5, 5.41) is 0. The van der Waals surface area contributed by atoms with E-state index in [1.54, 1.807) is 6.92 Å². The van der Waals surface area contributed by atoms with Gasteiger partial charge in [0.1, 0.15) is 24.0 Å². The monoisotopic (exact) mass is 351 g/mol. The van der Waals surface area contributed by atoms with Crippen LogP contribution in [0.3, 0.4) is 0 Å². The third-order valence-corrected chi connectivity index (χ3v) is 3.95.